The Balaban J connectivity index is 0. The Kier molecular flexibility index (Phi) is 12.4. The van der Waals surface area contributed by atoms with E-state index in [2.05, 4.69) is 20.8 Å². The number of hydrogen-bond acceptors (Lipinski definition) is 2. The van der Waals surface area contributed by atoms with Crippen LogP contribution in [0.15, 0.2) is 0 Å². The van der Waals surface area contributed by atoms with Crippen LogP contribution in [0.25, 0.3) is 0 Å². The van der Waals surface area contributed by atoms with E-state index in [9.17, 15) is 13.0 Å². The Hall–Kier alpha value is 0.820. The highest BCUT2D eigenvalue weighted by molar-refractivity contribution is 8.54. The van der Waals surface area contributed by atoms with Gasteiger partial charge in [0.2, 0.25) is 0 Å². The molecular formula is C12H28BrO3PS. The quantitative estimate of drug-likeness (QED) is 0.469. The Labute approximate surface area is 124 Å². The monoisotopic (exact) mass is 362 g/mol. The topological polar surface area (TPSA) is 54.4 Å². The van der Waals surface area contributed by atoms with Gasteiger partial charge in [-0.1, -0.05) is 40.0 Å². The van der Waals surface area contributed by atoms with E-state index < -0.39 is 16.2 Å². The fourth-order valence-corrected chi connectivity index (χ4v) is 9.30. The molecule has 0 rings (SSSR count). The van der Waals surface area contributed by atoms with E-state index in [1.165, 1.54) is 0 Å². The first-order valence-corrected chi connectivity index (χ1v) is 11.2. The molecule has 18 heavy (non-hydrogen) atoms. The Morgan fingerprint density at radius 2 is 1.11 bits per heavy atom. The molecular weight excluding hydrogens is 335 g/mol. The fourth-order valence-electron chi connectivity index (χ4n) is 2.02. The maximum absolute atomic E-state index is 11.8. The molecule has 1 N–H and O–H groups in total. The van der Waals surface area contributed by atoms with Crippen LogP contribution in [0.3, 0.4) is 0 Å². The summed E-state index contributed by atoms with van der Waals surface area (Å²) in [6.07, 6.45) is 7.87. The van der Waals surface area contributed by atoms with Gasteiger partial charge in [-0.15, -0.1) is 0 Å². The van der Waals surface area contributed by atoms with Gasteiger partial charge < -0.3 is 17.0 Å². The zero-order valence-corrected chi connectivity index (χ0v) is 15.2. The first-order valence-electron chi connectivity index (χ1n) is 6.77. The molecule has 0 saturated heterocycles. The van der Waals surface area contributed by atoms with Crippen molar-refractivity contribution >= 4 is 16.2 Å². The predicted octanol–water partition coefficient (Wildman–Crippen LogP) is 1.21. The second-order valence-corrected chi connectivity index (χ2v) is 12.8. The van der Waals surface area contributed by atoms with Crippen molar-refractivity contribution in [2.75, 3.05) is 18.5 Å². The molecule has 0 aromatic heterocycles. The smallest absolute Gasteiger partial charge is 0.380 e. The van der Waals surface area contributed by atoms with Crippen molar-refractivity contribution in [2.45, 2.75) is 59.3 Å². The molecule has 0 spiro atoms. The van der Waals surface area contributed by atoms with Crippen molar-refractivity contribution in [1.82, 2.24) is 0 Å². The van der Waals surface area contributed by atoms with Crippen molar-refractivity contribution in [1.29, 1.82) is 0 Å². The molecule has 0 aliphatic heterocycles. The minimum Gasteiger partial charge on any atom is -1.00 e. The minimum atomic E-state index is -3.83. The summed E-state index contributed by atoms with van der Waals surface area (Å²) in [6.45, 7) is 4.00. The van der Waals surface area contributed by atoms with Crippen LogP contribution in [0.5, 0.6) is 0 Å². The largest absolute Gasteiger partial charge is 1.00 e. The van der Waals surface area contributed by atoms with Crippen molar-refractivity contribution in [2.24, 2.45) is 0 Å². The standard InChI is InChI=1S/C12H27O3PS.BrH/c1-4-7-10-16(11-8-5-2,12-9-6-3)17(13,14)15;/h4-12H2,1-3H3;1H. The summed E-state index contributed by atoms with van der Waals surface area (Å²) in [5.41, 5.74) is 0. The van der Waals surface area contributed by atoms with Crippen LogP contribution >= 0.6 is 6.46 Å². The zero-order chi connectivity index (χ0) is 13.4. The third-order valence-electron chi connectivity index (χ3n) is 3.25. The van der Waals surface area contributed by atoms with Gasteiger partial charge in [0.05, 0.1) is 18.5 Å². The van der Waals surface area contributed by atoms with Gasteiger partial charge in [0.1, 0.15) is 0 Å². The zero-order valence-electron chi connectivity index (χ0n) is 11.9. The highest BCUT2D eigenvalue weighted by Crippen LogP contribution is 2.65. The summed E-state index contributed by atoms with van der Waals surface area (Å²) in [5, 5.41) is 0. The molecule has 0 amide bonds. The normalized spacial score (nSPS) is 12.2. The van der Waals surface area contributed by atoms with E-state index in [-0.39, 0.29) is 17.0 Å². The van der Waals surface area contributed by atoms with Gasteiger partial charge >= 0.3 is 9.74 Å². The van der Waals surface area contributed by atoms with Crippen LogP contribution in [-0.4, -0.2) is 31.5 Å². The highest BCUT2D eigenvalue weighted by atomic mass is 79.9. The molecule has 0 radical (unpaired) electrons. The molecule has 0 aliphatic rings. The first kappa shape index (κ1) is 21.1. The van der Waals surface area contributed by atoms with E-state index in [1.807, 2.05) is 0 Å². The molecule has 6 heteroatoms. The van der Waals surface area contributed by atoms with Crippen LogP contribution in [0, 0.1) is 0 Å². The molecule has 0 aromatic carbocycles. The summed E-state index contributed by atoms with van der Waals surface area (Å²) in [5.74, 6) is 0. The average molecular weight is 363 g/mol. The summed E-state index contributed by atoms with van der Waals surface area (Å²) in [7, 11) is -3.83. The van der Waals surface area contributed by atoms with E-state index in [1.54, 1.807) is 0 Å². The highest BCUT2D eigenvalue weighted by Gasteiger charge is 2.48. The summed E-state index contributed by atoms with van der Waals surface area (Å²) >= 11 is 0. The van der Waals surface area contributed by atoms with Gasteiger partial charge in [0.25, 0.3) is 0 Å². The van der Waals surface area contributed by atoms with Crippen molar-refractivity contribution in [3.05, 3.63) is 0 Å². The van der Waals surface area contributed by atoms with Gasteiger partial charge in [-0.2, -0.15) is 8.42 Å². The third-order valence-corrected chi connectivity index (χ3v) is 12.2. The maximum atomic E-state index is 11.8. The van der Waals surface area contributed by atoms with Crippen LogP contribution in [-0.2, 0) is 9.74 Å². The molecule has 0 aliphatic carbocycles. The molecule has 0 unspecified atom stereocenters. The number of halogens is 1. The summed E-state index contributed by atoms with van der Waals surface area (Å²) in [4.78, 5) is 0. The number of hydrogen-bond donors (Lipinski definition) is 1. The lowest BCUT2D eigenvalue weighted by molar-refractivity contribution is -0.00000767. The Morgan fingerprint density at radius 1 is 0.833 bits per heavy atom. The van der Waals surface area contributed by atoms with E-state index in [0.29, 0.717) is 18.5 Å². The lowest BCUT2D eigenvalue weighted by atomic mass is 10.4. The van der Waals surface area contributed by atoms with Gasteiger partial charge in [-0.3, -0.25) is 4.55 Å². The lowest BCUT2D eigenvalue weighted by Crippen LogP contribution is -3.00. The third kappa shape index (κ3) is 6.83. The Bertz CT molecular complexity index is 272. The van der Waals surface area contributed by atoms with Crippen molar-refractivity contribution in [3.63, 3.8) is 0 Å². The van der Waals surface area contributed by atoms with Crippen LogP contribution in [0.4, 0.5) is 0 Å². The van der Waals surface area contributed by atoms with E-state index >= 15 is 0 Å². The van der Waals surface area contributed by atoms with E-state index in [4.69, 9.17) is 0 Å². The fraction of sp³-hybridized carbons (Fsp3) is 1.00. The molecule has 0 aromatic rings. The first-order chi connectivity index (χ1) is 7.93. The lowest BCUT2D eigenvalue weighted by Gasteiger charge is -2.23. The van der Waals surface area contributed by atoms with Gasteiger partial charge in [-0.25, -0.2) is 0 Å². The molecule has 112 valence electrons. The van der Waals surface area contributed by atoms with Crippen LogP contribution in [0.1, 0.15) is 59.3 Å². The average Bonchev–Trinajstić information content (AvgIpc) is 2.27. The second kappa shape index (κ2) is 10.6. The molecule has 0 heterocycles. The Morgan fingerprint density at radius 3 is 1.28 bits per heavy atom. The van der Waals surface area contributed by atoms with E-state index in [0.717, 1.165) is 38.5 Å². The van der Waals surface area contributed by atoms with Crippen LogP contribution in [0.2, 0.25) is 0 Å². The number of rotatable bonds is 10. The summed E-state index contributed by atoms with van der Waals surface area (Å²) < 4.78 is 33.2. The maximum Gasteiger partial charge on any atom is 0.380 e. The summed E-state index contributed by atoms with van der Waals surface area (Å²) in [6, 6.07) is 0. The van der Waals surface area contributed by atoms with Crippen molar-refractivity contribution < 1.29 is 30.0 Å². The second-order valence-electron chi connectivity index (χ2n) is 4.74. The predicted molar refractivity (Wildman–Crippen MR) is 77.8 cm³/mol. The molecule has 3 nitrogen and oxygen atoms in total. The molecule has 0 atom stereocenters. The van der Waals surface area contributed by atoms with Crippen molar-refractivity contribution in [3.8, 4) is 0 Å². The SMILES string of the molecule is CCCC[P+](CCCC)(CCCC)S(=O)(=O)O.[Br-]. The minimum absolute atomic E-state index is 0. The van der Waals surface area contributed by atoms with Gasteiger partial charge in [0.15, 0.2) is 6.46 Å². The molecule has 0 fully saturated rings. The molecule has 0 saturated carbocycles. The number of unbranched alkanes of at least 4 members (excludes halogenated alkanes) is 3. The van der Waals surface area contributed by atoms with Gasteiger partial charge in [-0.05, 0) is 19.3 Å². The van der Waals surface area contributed by atoms with Crippen LogP contribution < -0.4 is 17.0 Å². The molecule has 0 bridgehead atoms. The van der Waals surface area contributed by atoms with Gasteiger partial charge in [0, 0.05) is 0 Å².